The molecule has 2 saturated heterocycles. The number of piperidine rings is 2. The molecule has 4 heterocycles. The Balaban J connectivity index is 1.31. The minimum atomic E-state index is -0.727. The normalized spacial score (nSPS) is 17.5. The number of nitrogens with two attached hydrogens (primary N) is 2. The van der Waals surface area contributed by atoms with Gasteiger partial charge in [0, 0.05) is 32.2 Å². The van der Waals surface area contributed by atoms with Crippen molar-refractivity contribution < 1.29 is 14.0 Å². The second-order valence-electron chi connectivity index (χ2n) is 10.7. The molecular formula is C28H37FN10O2. The third kappa shape index (κ3) is 5.86. The van der Waals surface area contributed by atoms with Gasteiger partial charge in [-0.3, -0.25) is 9.59 Å². The van der Waals surface area contributed by atoms with Gasteiger partial charge >= 0.3 is 0 Å². The molecule has 13 heteroatoms. The van der Waals surface area contributed by atoms with Crippen molar-refractivity contribution in [2.24, 2.45) is 17.4 Å². The molecular weight excluding hydrogens is 527 g/mol. The number of primary amides is 1. The number of carbonyl (C=O) groups excluding carboxylic acids is 2. The van der Waals surface area contributed by atoms with E-state index in [0.717, 1.165) is 12.8 Å². The number of rotatable bonds is 8. The van der Waals surface area contributed by atoms with E-state index in [1.807, 2.05) is 11.0 Å². The summed E-state index contributed by atoms with van der Waals surface area (Å²) < 4.78 is 14.9. The highest BCUT2D eigenvalue weighted by Gasteiger charge is 2.38. The average Bonchev–Trinajstić information content (AvgIpc) is 3.48. The number of benzene rings is 1. The van der Waals surface area contributed by atoms with Gasteiger partial charge in [-0.1, -0.05) is 6.07 Å². The number of aromatic nitrogens is 4. The molecule has 0 spiro atoms. The predicted molar refractivity (Wildman–Crippen MR) is 155 cm³/mol. The first-order chi connectivity index (χ1) is 19.7. The molecule has 2 amide bonds. The van der Waals surface area contributed by atoms with E-state index in [2.05, 4.69) is 35.5 Å². The Bertz CT molecular complexity index is 1410. The summed E-state index contributed by atoms with van der Waals surface area (Å²) in [6.07, 6.45) is 4.40. The van der Waals surface area contributed by atoms with Crippen molar-refractivity contribution in [3.8, 4) is 11.4 Å². The fourth-order valence-electron chi connectivity index (χ4n) is 5.67. The molecule has 3 aromatic rings. The van der Waals surface area contributed by atoms with Gasteiger partial charge in [-0.2, -0.15) is 0 Å². The van der Waals surface area contributed by atoms with Crippen LogP contribution in [0.2, 0.25) is 0 Å². The molecule has 1 aromatic carbocycles. The number of aromatic amines is 1. The zero-order valence-electron chi connectivity index (χ0n) is 23.4. The minimum absolute atomic E-state index is 0.0769. The summed E-state index contributed by atoms with van der Waals surface area (Å²) in [6, 6.07) is 6.49. The number of carbonyl (C=O) groups is 2. The monoisotopic (exact) mass is 564 g/mol. The molecule has 0 radical (unpaired) electrons. The molecule has 2 aromatic heterocycles. The fraction of sp³-hybridized carbons (Fsp3) is 0.464. The number of aryl methyl sites for hydroxylation is 1. The predicted octanol–water partition coefficient (Wildman–Crippen LogP) is 1.79. The minimum Gasteiger partial charge on any atom is -0.368 e. The summed E-state index contributed by atoms with van der Waals surface area (Å²) in [5, 5.41) is 5.91. The van der Waals surface area contributed by atoms with Crippen molar-refractivity contribution >= 4 is 29.0 Å². The molecule has 2 fully saturated rings. The zero-order valence-corrected chi connectivity index (χ0v) is 23.4. The van der Waals surface area contributed by atoms with Crippen LogP contribution in [0.3, 0.4) is 0 Å². The third-order valence-electron chi connectivity index (χ3n) is 8.28. The Morgan fingerprint density at radius 1 is 1.15 bits per heavy atom. The second-order valence-corrected chi connectivity index (χ2v) is 10.7. The molecule has 0 atom stereocenters. The largest absolute Gasteiger partial charge is 0.368 e. The van der Waals surface area contributed by atoms with Gasteiger partial charge in [0.2, 0.25) is 5.91 Å². The lowest BCUT2D eigenvalue weighted by molar-refractivity contribution is -0.125. The molecule has 0 unspecified atom stereocenters. The quantitative estimate of drug-likeness (QED) is 0.274. The Morgan fingerprint density at radius 3 is 2.54 bits per heavy atom. The van der Waals surface area contributed by atoms with Crippen molar-refractivity contribution in [2.45, 2.75) is 38.1 Å². The maximum absolute atomic E-state index is 14.9. The van der Waals surface area contributed by atoms with Crippen LogP contribution in [0.4, 0.5) is 21.6 Å². The maximum atomic E-state index is 14.9. The first-order valence-electron chi connectivity index (χ1n) is 13.9. The van der Waals surface area contributed by atoms with Crippen molar-refractivity contribution in [3.05, 3.63) is 47.9 Å². The van der Waals surface area contributed by atoms with E-state index < -0.39 is 17.3 Å². The van der Waals surface area contributed by atoms with Crippen LogP contribution in [-0.4, -0.2) is 77.1 Å². The van der Waals surface area contributed by atoms with Crippen molar-refractivity contribution in [1.29, 1.82) is 0 Å². The molecule has 0 saturated carbocycles. The van der Waals surface area contributed by atoms with Gasteiger partial charge in [-0.15, -0.1) is 0 Å². The summed E-state index contributed by atoms with van der Waals surface area (Å²) in [6.45, 7) is 4.94. The second kappa shape index (κ2) is 11.8. The van der Waals surface area contributed by atoms with Crippen LogP contribution < -0.4 is 31.9 Å². The van der Waals surface area contributed by atoms with Gasteiger partial charge in [0.1, 0.15) is 23.0 Å². The molecule has 2 aliphatic heterocycles. The lowest BCUT2D eigenvalue weighted by Gasteiger charge is -2.40. The van der Waals surface area contributed by atoms with Crippen LogP contribution in [0, 0.1) is 18.7 Å². The number of para-hydroxylation sites is 1. The summed E-state index contributed by atoms with van der Waals surface area (Å²) in [5.41, 5.74) is 12.6. The van der Waals surface area contributed by atoms with E-state index in [1.165, 1.54) is 6.07 Å². The van der Waals surface area contributed by atoms with Crippen molar-refractivity contribution in [3.63, 3.8) is 0 Å². The molecule has 41 heavy (non-hydrogen) atoms. The summed E-state index contributed by atoms with van der Waals surface area (Å²) in [4.78, 5) is 45.7. The van der Waals surface area contributed by atoms with Crippen molar-refractivity contribution in [1.82, 2.24) is 25.3 Å². The number of H-pyrrole nitrogens is 1. The Hall–Kier alpha value is -4.10. The number of hydrogen-bond donors (Lipinski definition) is 5. The highest BCUT2D eigenvalue weighted by molar-refractivity contribution is 6.04. The van der Waals surface area contributed by atoms with Gasteiger partial charge in [-0.25, -0.2) is 19.3 Å². The van der Waals surface area contributed by atoms with Crippen LogP contribution in [0.15, 0.2) is 30.5 Å². The van der Waals surface area contributed by atoms with Gasteiger partial charge in [0.05, 0.1) is 29.0 Å². The molecule has 5 rings (SSSR count). The number of anilines is 3. The van der Waals surface area contributed by atoms with E-state index in [0.29, 0.717) is 85.9 Å². The molecule has 7 N–H and O–H groups in total. The highest BCUT2D eigenvalue weighted by atomic mass is 19.1. The lowest BCUT2D eigenvalue weighted by Crippen LogP contribution is -2.59. The van der Waals surface area contributed by atoms with E-state index in [-0.39, 0.29) is 11.7 Å². The summed E-state index contributed by atoms with van der Waals surface area (Å²) >= 11 is 0. The zero-order chi connectivity index (χ0) is 29.1. The van der Waals surface area contributed by atoms with Crippen LogP contribution >= 0.6 is 0 Å². The maximum Gasteiger partial charge on any atom is 0.291 e. The number of halogens is 1. The molecule has 12 nitrogen and oxygen atoms in total. The number of amides is 2. The van der Waals surface area contributed by atoms with Crippen LogP contribution in [0.25, 0.3) is 11.4 Å². The standard InChI is InChI=1S/C28H37FN10O2/c1-17-34-21(14-23(35-17)38-12-8-28(32-2,9-13-38)27(31)41)22-16-33-25(36-22)26(40)37-20-5-3-4-19(29)24(20)39-10-6-18(15-30)7-11-39/h3-5,14,16,18,32H,6-13,15,30H2,1-2H3,(H2,31,41)(H,33,36)(H,37,40). The van der Waals surface area contributed by atoms with E-state index in [9.17, 15) is 14.0 Å². The average molecular weight is 565 g/mol. The SMILES string of the molecule is CNC1(C(N)=O)CCN(c2cc(-c3cnc(C(=O)Nc4cccc(F)c4N4CCC(CN)CC4)[nH]3)nc(C)n2)CC1. The molecule has 0 aliphatic carbocycles. The number of hydrogen-bond acceptors (Lipinski definition) is 9. The van der Waals surface area contributed by atoms with E-state index in [1.54, 1.807) is 32.3 Å². The molecule has 218 valence electrons. The fourth-order valence-corrected chi connectivity index (χ4v) is 5.67. The van der Waals surface area contributed by atoms with Crippen LogP contribution in [0.5, 0.6) is 0 Å². The number of likely N-dealkylation sites (N-methyl/N-ethyl adjacent to an activating group) is 1. The summed E-state index contributed by atoms with van der Waals surface area (Å²) in [7, 11) is 1.75. The number of nitrogens with one attached hydrogen (secondary N) is 3. The van der Waals surface area contributed by atoms with E-state index >= 15 is 0 Å². The third-order valence-corrected chi connectivity index (χ3v) is 8.28. The topological polar surface area (TPSA) is 171 Å². The lowest BCUT2D eigenvalue weighted by atomic mass is 9.87. The first-order valence-corrected chi connectivity index (χ1v) is 13.9. The van der Waals surface area contributed by atoms with Gasteiger partial charge in [-0.05, 0) is 64.3 Å². The first kappa shape index (κ1) is 28.4. The number of imidazole rings is 1. The summed E-state index contributed by atoms with van der Waals surface area (Å²) in [5.74, 6) is 0.536. The van der Waals surface area contributed by atoms with E-state index in [4.69, 9.17) is 11.5 Å². The van der Waals surface area contributed by atoms with Gasteiger partial charge < -0.3 is 36.9 Å². The molecule has 2 aliphatic rings. The van der Waals surface area contributed by atoms with Gasteiger partial charge in [0.25, 0.3) is 5.91 Å². The Morgan fingerprint density at radius 2 is 1.88 bits per heavy atom. The Labute approximate surface area is 238 Å². The Kier molecular flexibility index (Phi) is 8.18. The number of nitrogens with zero attached hydrogens (tertiary/aromatic N) is 5. The highest BCUT2D eigenvalue weighted by Crippen LogP contribution is 2.33. The smallest absolute Gasteiger partial charge is 0.291 e. The van der Waals surface area contributed by atoms with Gasteiger partial charge in [0.15, 0.2) is 5.82 Å². The molecule has 0 bridgehead atoms. The van der Waals surface area contributed by atoms with Crippen LogP contribution in [-0.2, 0) is 4.79 Å². The van der Waals surface area contributed by atoms with Crippen LogP contribution in [0.1, 0.15) is 42.1 Å². The van der Waals surface area contributed by atoms with Crippen molar-refractivity contribution in [2.75, 3.05) is 54.9 Å².